The summed E-state index contributed by atoms with van der Waals surface area (Å²) in [5.41, 5.74) is 0.865. The van der Waals surface area contributed by atoms with Gasteiger partial charge in [0.05, 0.1) is 4.90 Å². The summed E-state index contributed by atoms with van der Waals surface area (Å²) < 4.78 is 64.9. The van der Waals surface area contributed by atoms with Crippen LogP contribution in [0.2, 0.25) is 0 Å². The largest absolute Gasteiger partial charge is 0.471 e. The van der Waals surface area contributed by atoms with Gasteiger partial charge in [0.2, 0.25) is 10.0 Å². The van der Waals surface area contributed by atoms with E-state index in [1.807, 2.05) is 0 Å². The van der Waals surface area contributed by atoms with Crippen molar-refractivity contribution in [1.29, 1.82) is 0 Å². The summed E-state index contributed by atoms with van der Waals surface area (Å²) in [5.74, 6) is -2.50. The highest BCUT2D eigenvalue weighted by atomic mass is 32.2. The van der Waals surface area contributed by atoms with E-state index in [1.54, 1.807) is 32.9 Å². The quantitative estimate of drug-likeness (QED) is 0.827. The lowest BCUT2D eigenvalue weighted by Gasteiger charge is -2.32. The van der Waals surface area contributed by atoms with Crippen LogP contribution in [-0.2, 0) is 14.8 Å². The first-order valence-corrected chi connectivity index (χ1v) is 8.86. The van der Waals surface area contributed by atoms with Gasteiger partial charge in [-0.25, -0.2) is 8.42 Å². The number of benzene rings is 1. The third-order valence-electron chi connectivity index (χ3n) is 3.90. The number of alkyl halides is 3. The first-order valence-electron chi connectivity index (χ1n) is 7.42. The lowest BCUT2D eigenvalue weighted by molar-refractivity contribution is -0.188. The van der Waals surface area contributed by atoms with Gasteiger partial charge >= 0.3 is 12.1 Å². The molecule has 0 aliphatic carbocycles. The number of sulfonamides is 1. The molecule has 1 aromatic rings. The van der Waals surface area contributed by atoms with Gasteiger partial charge in [0.1, 0.15) is 6.17 Å². The molecule has 0 aromatic heterocycles. The van der Waals surface area contributed by atoms with E-state index in [4.69, 9.17) is 0 Å². The first kappa shape index (κ1) is 18.7. The van der Waals surface area contributed by atoms with Crippen molar-refractivity contribution in [2.45, 2.75) is 38.0 Å². The summed E-state index contributed by atoms with van der Waals surface area (Å²) in [6, 6.07) is 6.06. The molecule has 2 rings (SSSR count). The zero-order valence-corrected chi connectivity index (χ0v) is 14.4. The fourth-order valence-corrected chi connectivity index (χ4v) is 4.53. The number of nitrogens with zero attached hydrogens (tertiary/aromatic N) is 2. The molecule has 0 bridgehead atoms. The first-order chi connectivity index (χ1) is 11.0. The molecule has 0 radical (unpaired) electrons. The molecule has 1 fully saturated rings. The molecule has 9 heteroatoms. The third-order valence-corrected chi connectivity index (χ3v) is 5.79. The zero-order chi connectivity index (χ0) is 18.3. The van der Waals surface area contributed by atoms with Gasteiger partial charge in [-0.2, -0.15) is 17.5 Å². The van der Waals surface area contributed by atoms with Crippen LogP contribution in [0.1, 0.15) is 19.4 Å². The van der Waals surface area contributed by atoms with Crippen LogP contribution in [-0.4, -0.2) is 49.0 Å². The van der Waals surface area contributed by atoms with Crippen molar-refractivity contribution in [3.8, 4) is 0 Å². The fourth-order valence-electron chi connectivity index (χ4n) is 2.81. The molecule has 1 heterocycles. The molecule has 0 spiro atoms. The number of amides is 1. The van der Waals surface area contributed by atoms with Crippen molar-refractivity contribution in [3.63, 3.8) is 0 Å². The Morgan fingerprint density at radius 2 is 1.71 bits per heavy atom. The fraction of sp³-hybridized carbons (Fsp3) is 0.533. The van der Waals surface area contributed by atoms with E-state index >= 15 is 0 Å². The molecule has 134 valence electrons. The Morgan fingerprint density at radius 1 is 1.17 bits per heavy atom. The number of aryl methyl sites for hydroxylation is 1. The average molecular weight is 364 g/mol. The van der Waals surface area contributed by atoms with Crippen LogP contribution in [0.15, 0.2) is 29.2 Å². The van der Waals surface area contributed by atoms with E-state index in [2.05, 4.69) is 0 Å². The summed E-state index contributed by atoms with van der Waals surface area (Å²) in [6.07, 6.45) is -6.19. The minimum Gasteiger partial charge on any atom is -0.317 e. The normalized spacial score (nSPS) is 20.0. The van der Waals surface area contributed by atoms with Crippen LogP contribution in [0.4, 0.5) is 13.2 Å². The Labute approximate surface area is 139 Å². The lowest BCUT2D eigenvalue weighted by atomic mass is 10.1. The smallest absolute Gasteiger partial charge is 0.317 e. The Bertz CT molecular complexity index is 714. The third kappa shape index (κ3) is 3.41. The van der Waals surface area contributed by atoms with E-state index in [0.717, 1.165) is 9.87 Å². The van der Waals surface area contributed by atoms with E-state index in [0.29, 0.717) is 4.90 Å². The SMILES string of the molecule is Cc1ccc(S(=O)(=O)N2CCN(C(=O)C(F)(F)F)[C@H]2C(C)C)cc1. The number of halogens is 3. The number of carbonyl (C=O) groups excluding carboxylic acids is 1. The van der Waals surface area contributed by atoms with Crippen molar-refractivity contribution in [3.05, 3.63) is 29.8 Å². The Kier molecular flexibility index (Phi) is 4.96. The van der Waals surface area contributed by atoms with E-state index in [9.17, 15) is 26.4 Å². The van der Waals surface area contributed by atoms with Crippen LogP contribution in [0, 0.1) is 12.8 Å². The maximum Gasteiger partial charge on any atom is 0.471 e. The molecule has 1 aliphatic heterocycles. The molecule has 0 N–H and O–H groups in total. The van der Waals surface area contributed by atoms with Gasteiger partial charge in [-0.3, -0.25) is 4.79 Å². The van der Waals surface area contributed by atoms with Gasteiger partial charge in [-0.15, -0.1) is 0 Å². The Hall–Kier alpha value is -1.61. The van der Waals surface area contributed by atoms with E-state index in [1.165, 1.54) is 12.1 Å². The molecule has 1 aliphatic rings. The van der Waals surface area contributed by atoms with E-state index in [-0.39, 0.29) is 18.0 Å². The van der Waals surface area contributed by atoms with Crippen molar-refractivity contribution >= 4 is 15.9 Å². The summed E-state index contributed by atoms with van der Waals surface area (Å²) >= 11 is 0. The monoisotopic (exact) mass is 364 g/mol. The molecule has 0 unspecified atom stereocenters. The van der Waals surface area contributed by atoms with Crippen LogP contribution in [0.5, 0.6) is 0 Å². The summed E-state index contributed by atoms with van der Waals surface area (Å²) in [5, 5.41) is 0. The topological polar surface area (TPSA) is 57.7 Å². The van der Waals surface area contributed by atoms with Gasteiger partial charge < -0.3 is 4.90 Å². The lowest BCUT2D eigenvalue weighted by Crippen LogP contribution is -2.51. The molecule has 1 amide bonds. The van der Waals surface area contributed by atoms with Crippen molar-refractivity contribution in [2.75, 3.05) is 13.1 Å². The predicted molar refractivity (Wildman–Crippen MR) is 81.5 cm³/mol. The highest BCUT2D eigenvalue weighted by Crippen LogP contribution is 2.31. The minimum atomic E-state index is -5.03. The standard InChI is InChI=1S/C15H19F3N2O3S/c1-10(2)13-19(14(21)15(16,17)18)8-9-20(13)24(22,23)12-6-4-11(3)5-7-12/h4-7,10,13H,8-9H2,1-3H3/t13-/m1/s1. The molecular weight excluding hydrogens is 345 g/mol. The maximum absolute atomic E-state index is 12.8. The molecule has 1 aromatic carbocycles. The summed E-state index contributed by atoms with van der Waals surface area (Å²) in [6.45, 7) is 4.52. The highest BCUT2D eigenvalue weighted by molar-refractivity contribution is 7.89. The molecule has 1 atom stereocenters. The van der Waals surface area contributed by atoms with Gasteiger partial charge in [-0.1, -0.05) is 31.5 Å². The number of hydrogen-bond donors (Lipinski definition) is 0. The minimum absolute atomic E-state index is 0.0000534. The molecular formula is C15H19F3N2O3S. The number of rotatable bonds is 3. The Morgan fingerprint density at radius 3 is 2.17 bits per heavy atom. The molecule has 1 saturated heterocycles. The predicted octanol–water partition coefficient (Wildman–Crippen LogP) is 2.37. The van der Waals surface area contributed by atoms with Gasteiger partial charge in [-0.05, 0) is 25.0 Å². The van der Waals surface area contributed by atoms with Crippen LogP contribution in [0.25, 0.3) is 0 Å². The second kappa shape index (κ2) is 6.36. The van der Waals surface area contributed by atoms with Crippen LogP contribution < -0.4 is 0 Å². The second-order valence-corrected chi connectivity index (χ2v) is 7.97. The van der Waals surface area contributed by atoms with Gasteiger partial charge in [0.15, 0.2) is 0 Å². The molecule has 24 heavy (non-hydrogen) atoms. The molecule has 0 saturated carbocycles. The van der Waals surface area contributed by atoms with E-state index < -0.39 is 34.2 Å². The van der Waals surface area contributed by atoms with Crippen LogP contribution >= 0.6 is 0 Å². The summed E-state index contributed by atoms with van der Waals surface area (Å²) in [7, 11) is -3.99. The van der Waals surface area contributed by atoms with Crippen molar-refractivity contribution < 1.29 is 26.4 Å². The van der Waals surface area contributed by atoms with Gasteiger partial charge in [0, 0.05) is 13.1 Å². The van der Waals surface area contributed by atoms with Crippen molar-refractivity contribution in [1.82, 2.24) is 9.21 Å². The maximum atomic E-state index is 12.8. The Balaban J connectivity index is 2.40. The highest BCUT2D eigenvalue weighted by Gasteiger charge is 2.51. The van der Waals surface area contributed by atoms with Gasteiger partial charge in [0.25, 0.3) is 0 Å². The van der Waals surface area contributed by atoms with Crippen molar-refractivity contribution in [2.24, 2.45) is 5.92 Å². The number of carbonyl (C=O) groups is 1. The number of hydrogen-bond acceptors (Lipinski definition) is 3. The van der Waals surface area contributed by atoms with Crippen LogP contribution in [0.3, 0.4) is 0 Å². The summed E-state index contributed by atoms with van der Waals surface area (Å²) in [4.78, 5) is 12.2. The second-order valence-electron chi connectivity index (χ2n) is 6.08. The average Bonchev–Trinajstić information content (AvgIpc) is 2.91. The zero-order valence-electron chi connectivity index (χ0n) is 13.5. The molecule has 5 nitrogen and oxygen atoms in total.